The van der Waals surface area contributed by atoms with E-state index in [1.807, 2.05) is 44.2 Å². The standard InChI is InChI=1S/C19H17N3O3/c1-19(2)16-14(22-18(19)24)8-12(9-20-16)17(23)21-10-13-7-11-5-3-4-6-15(11)25-13/h3-9H,10H2,1-2H3,(H,21,23)(H,22,24). The number of nitrogens with one attached hydrogen (secondary N) is 2. The summed E-state index contributed by atoms with van der Waals surface area (Å²) in [5.41, 5.74) is 1.75. The molecule has 1 aromatic carbocycles. The van der Waals surface area contributed by atoms with E-state index in [9.17, 15) is 9.59 Å². The Balaban J connectivity index is 1.50. The Morgan fingerprint density at radius 3 is 2.88 bits per heavy atom. The largest absolute Gasteiger partial charge is 0.459 e. The number of hydrogen-bond acceptors (Lipinski definition) is 4. The third-order valence-corrected chi connectivity index (χ3v) is 4.46. The van der Waals surface area contributed by atoms with Crippen LogP contribution in [0.25, 0.3) is 11.0 Å². The molecule has 4 rings (SSSR count). The Morgan fingerprint density at radius 1 is 1.28 bits per heavy atom. The lowest BCUT2D eigenvalue weighted by molar-refractivity contribution is -0.119. The summed E-state index contributed by atoms with van der Waals surface area (Å²) in [5, 5.41) is 6.58. The number of pyridine rings is 1. The van der Waals surface area contributed by atoms with Crippen molar-refractivity contribution in [2.75, 3.05) is 5.32 Å². The summed E-state index contributed by atoms with van der Waals surface area (Å²) < 4.78 is 5.68. The van der Waals surface area contributed by atoms with Crippen LogP contribution in [0.3, 0.4) is 0 Å². The zero-order valence-corrected chi connectivity index (χ0v) is 13.9. The van der Waals surface area contributed by atoms with Crippen LogP contribution in [0.5, 0.6) is 0 Å². The van der Waals surface area contributed by atoms with Gasteiger partial charge in [0.2, 0.25) is 5.91 Å². The second-order valence-corrected chi connectivity index (χ2v) is 6.63. The lowest BCUT2D eigenvalue weighted by atomic mass is 9.90. The van der Waals surface area contributed by atoms with Crippen molar-refractivity contribution in [2.24, 2.45) is 0 Å². The van der Waals surface area contributed by atoms with Crippen molar-refractivity contribution >= 4 is 28.5 Å². The fourth-order valence-electron chi connectivity index (χ4n) is 2.96. The van der Waals surface area contributed by atoms with Gasteiger partial charge >= 0.3 is 0 Å². The molecule has 6 nitrogen and oxygen atoms in total. The first-order valence-electron chi connectivity index (χ1n) is 8.03. The average Bonchev–Trinajstić information content (AvgIpc) is 3.11. The number of para-hydroxylation sites is 1. The molecule has 3 aromatic rings. The van der Waals surface area contributed by atoms with Crippen molar-refractivity contribution < 1.29 is 14.0 Å². The van der Waals surface area contributed by atoms with Crippen LogP contribution < -0.4 is 10.6 Å². The summed E-state index contributed by atoms with van der Waals surface area (Å²) >= 11 is 0. The normalized spacial score (nSPS) is 15.0. The molecule has 2 aromatic heterocycles. The van der Waals surface area contributed by atoms with Crippen LogP contribution in [0.4, 0.5) is 5.69 Å². The summed E-state index contributed by atoms with van der Waals surface area (Å²) in [6.07, 6.45) is 1.49. The fraction of sp³-hybridized carbons (Fsp3) is 0.211. The van der Waals surface area contributed by atoms with Crippen LogP contribution in [0, 0.1) is 0 Å². The number of rotatable bonds is 3. The number of anilines is 1. The molecule has 1 aliphatic heterocycles. The number of hydrogen-bond donors (Lipinski definition) is 2. The van der Waals surface area contributed by atoms with Crippen molar-refractivity contribution in [1.29, 1.82) is 0 Å². The molecule has 6 heteroatoms. The van der Waals surface area contributed by atoms with Gasteiger partial charge in [-0.3, -0.25) is 14.6 Å². The Hall–Kier alpha value is -3.15. The van der Waals surface area contributed by atoms with Gasteiger partial charge in [0.1, 0.15) is 11.3 Å². The van der Waals surface area contributed by atoms with E-state index >= 15 is 0 Å². The van der Waals surface area contributed by atoms with Gasteiger partial charge < -0.3 is 15.1 Å². The summed E-state index contributed by atoms with van der Waals surface area (Å²) in [6, 6.07) is 11.2. The second kappa shape index (κ2) is 5.44. The highest BCUT2D eigenvalue weighted by Crippen LogP contribution is 2.35. The van der Waals surface area contributed by atoms with Gasteiger partial charge in [-0.05, 0) is 32.0 Å². The van der Waals surface area contributed by atoms with Crippen LogP contribution in [0.15, 0.2) is 47.0 Å². The highest BCUT2D eigenvalue weighted by Gasteiger charge is 2.40. The first kappa shape index (κ1) is 15.4. The smallest absolute Gasteiger partial charge is 0.253 e. The minimum Gasteiger partial charge on any atom is -0.459 e. The summed E-state index contributed by atoms with van der Waals surface area (Å²) in [7, 11) is 0. The van der Waals surface area contributed by atoms with Crippen LogP contribution in [0.1, 0.15) is 35.7 Å². The van der Waals surface area contributed by atoms with E-state index in [1.54, 1.807) is 6.07 Å². The molecule has 0 saturated heterocycles. The van der Waals surface area contributed by atoms with Crippen molar-refractivity contribution in [2.45, 2.75) is 25.8 Å². The predicted octanol–water partition coefficient (Wildman–Crippen LogP) is 2.99. The van der Waals surface area contributed by atoms with Gasteiger partial charge in [-0.1, -0.05) is 18.2 Å². The topological polar surface area (TPSA) is 84.2 Å². The van der Waals surface area contributed by atoms with Gasteiger partial charge in [-0.15, -0.1) is 0 Å². The quantitative estimate of drug-likeness (QED) is 0.771. The molecule has 0 unspecified atom stereocenters. The Labute approximate surface area is 144 Å². The van der Waals surface area contributed by atoms with E-state index in [-0.39, 0.29) is 18.4 Å². The fourth-order valence-corrected chi connectivity index (χ4v) is 2.96. The number of nitrogens with zero attached hydrogens (tertiary/aromatic N) is 1. The second-order valence-electron chi connectivity index (χ2n) is 6.63. The van der Waals surface area contributed by atoms with Crippen molar-refractivity contribution in [3.8, 4) is 0 Å². The van der Waals surface area contributed by atoms with Gasteiger partial charge in [0.25, 0.3) is 5.91 Å². The number of furan rings is 1. The lowest BCUT2D eigenvalue weighted by Crippen LogP contribution is -2.27. The SMILES string of the molecule is CC1(C)C(=O)Nc2cc(C(=O)NCc3cc4ccccc4o3)cnc21. The predicted molar refractivity (Wildman–Crippen MR) is 93.3 cm³/mol. The first-order valence-corrected chi connectivity index (χ1v) is 8.03. The molecular weight excluding hydrogens is 318 g/mol. The maximum atomic E-state index is 12.4. The summed E-state index contributed by atoms with van der Waals surface area (Å²) in [6.45, 7) is 3.90. The third-order valence-electron chi connectivity index (χ3n) is 4.46. The molecule has 3 heterocycles. The molecular formula is C19H17N3O3. The van der Waals surface area contributed by atoms with E-state index in [2.05, 4.69) is 15.6 Å². The molecule has 0 aliphatic carbocycles. The molecule has 0 bridgehead atoms. The zero-order chi connectivity index (χ0) is 17.6. The van der Waals surface area contributed by atoms with Crippen LogP contribution in [0.2, 0.25) is 0 Å². The number of benzene rings is 1. The Bertz CT molecular complexity index is 971. The highest BCUT2D eigenvalue weighted by molar-refractivity contribution is 6.06. The molecule has 25 heavy (non-hydrogen) atoms. The lowest BCUT2D eigenvalue weighted by Gasteiger charge is -2.13. The molecule has 0 saturated carbocycles. The van der Waals surface area contributed by atoms with Crippen LogP contribution in [-0.2, 0) is 16.8 Å². The molecule has 126 valence electrons. The van der Waals surface area contributed by atoms with E-state index in [0.717, 1.165) is 11.0 Å². The molecule has 1 aliphatic rings. The van der Waals surface area contributed by atoms with Gasteiger partial charge in [0, 0.05) is 11.6 Å². The number of amides is 2. The average molecular weight is 335 g/mol. The van der Waals surface area contributed by atoms with E-state index in [0.29, 0.717) is 22.7 Å². The van der Waals surface area contributed by atoms with E-state index < -0.39 is 5.41 Å². The van der Waals surface area contributed by atoms with E-state index in [4.69, 9.17) is 4.42 Å². The van der Waals surface area contributed by atoms with Crippen molar-refractivity contribution in [3.05, 3.63) is 59.6 Å². The third kappa shape index (κ3) is 2.55. The minimum absolute atomic E-state index is 0.116. The van der Waals surface area contributed by atoms with Gasteiger partial charge in [0.05, 0.1) is 28.9 Å². The molecule has 0 spiro atoms. The molecule has 0 fully saturated rings. The number of fused-ring (bicyclic) bond motifs is 2. The first-order chi connectivity index (χ1) is 11.9. The summed E-state index contributed by atoms with van der Waals surface area (Å²) in [5.74, 6) is 0.294. The summed E-state index contributed by atoms with van der Waals surface area (Å²) in [4.78, 5) is 28.6. The minimum atomic E-state index is -0.682. The molecule has 0 atom stereocenters. The van der Waals surface area contributed by atoms with Crippen molar-refractivity contribution in [3.63, 3.8) is 0 Å². The zero-order valence-electron chi connectivity index (χ0n) is 13.9. The monoisotopic (exact) mass is 335 g/mol. The highest BCUT2D eigenvalue weighted by atomic mass is 16.3. The van der Waals surface area contributed by atoms with Crippen LogP contribution >= 0.6 is 0 Å². The Kier molecular flexibility index (Phi) is 3.35. The number of carbonyl (C=O) groups is 2. The van der Waals surface area contributed by atoms with Crippen molar-refractivity contribution in [1.82, 2.24) is 10.3 Å². The molecule has 0 radical (unpaired) electrons. The maximum absolute atomic E-state index is 12.4. The van der Waals surface area contributed by atoms with E-state index in [1.165, 1.54) is 6.20 Å². The van der Waals surface area contributed by atoms with Gasteiger partial charge in [-0.2, -0.15) is 0 Å². The maximum Gasteiger partial charge on any atom is 0.253 e. The van der Waals surface area contributed by atoms with Crippen LogP contribution in [-0.4, -0.2) is 16.8 Å². The molecule has 2 N–H and O–H groups in total. The number of carbonyl (C=O) groups excluding carboxylic acids is 2. The molecule has 2 amide bonds. The Morgan fingerprint density at radius 2 is 2.08 bits per heavy atom. The van der Waals surface area contributed by atoms with Gasteiger partial charge in [-0.25, -0.2) is 0 Å². The van der Waals surface area contributed by atoms with Gasteiger partial charge in [0.15, 0.2) is 0 Å². The number of aromatic nitrogens is 1.